The first kappa shape index (κ1) is 12.1. The third-order valence-corrected chi connectivity index (χ3v) is 3.00. The summed E-state index contributed by atoms with van der Waals surface area (Å²) in [5.41, 5.74) is 9.10. The Hall–Kier alpha value is -2.37. The van der Waals surface area contributed by atoms with E-state index in [4.69, 9.17) is 10.8 Å². The first-order valence-corrected chi connectivity index (χ1v) is 5.44. The Morgan fingerprint density at radius 2 is 2.06 bits per heavy atom. The smallest absolute Gasteiger partial charge is 0.337 e. The molecule has 0 saturated carbocycles. The Balaban J connectivity index is 2.58. The first-order valence-electron chi connectivity index (χ1n) is 5.44. The largest absolute Gasteiger partial charge is 0.478 e. The third-order valence-electron chi connectivity index (χ3n) is 3.00. The number of aryl methyl sites for hydroxylation is 1. The van der Waals surface area contributed by atoms with E-state index in [1.807, 2.05) is 20.8 Å². The fraction of sp³-hybridized carbons (Fsp3) is 0.250. The highest BCUT2D eigenvalue weighted by Crippen LogP contribution is 2.20. The van der Waals surface area contributed by atoms with Gasteiger partial charge in [-0.15, -0.1) is 0 Å². The van der Waals surface area contributed by atoms with E-state index in [-0.39, 0.29) is 5.56 Å². The summed E-state index contributed by atoms with van der Waals surface area (Å²) in [6, 6.07) is 1.39. The van der Waals surface area contributed by atoms with Gasteiger partial charge >= 0.3 is 5.97 Å². The highest BCUT2D eigenvalue weighted by atomic mass is 16.4. The average Bonchev–Trinajstić information content (AvgIpc) is 2.57. The molecule has 6 nitrogen and oxygen atoms in total. The first-order chi connectivity index (χ1) is 8.41. The summed E-state index contributed by atoms with van der Waals surface area (Å²) in [6.07, 6.45) is 1.28. The van der Waals surface area contributed by atoms with E-state index in [0.29, 0.717) is 11.5 Å². The second-order valence-electron chi connectivity index (χ2n) is 4.15. The topological polar surface area (TPSA) is 94.0 Å². The van der Waals surface area contributed by atoms with Gasteiger partial charge in [0.15, 0.2) is 5.82 Å². The summed E-state index contributed by atoms with van der Waals surface area (Å²) in [6.45, 7) is 5.79. The fourth-order valence-corrected chi connectivity index (χ4v) is 1.70. The van der Waals surface area contributed by atoms with Crippen LogP contribution in [0.1, 0.15) is 27.3 Å². The van der Waals surface area contributed by atoms with E-state index >= 15 is 0 Å². The van der Waals surface area contributed by atoms with Gasteiger partial charge in [0, 0.05) is 11.9 Å². The van der Waals surface area contributed by atoms with Crippen LogP contribution in [0.3, 0.4) is 0 Å². The third kappa shape index (κ3) is 1.81. The minimum Gasteiger partial charge on any atom is -0.478 e. The molecular weight excluding hydrogens is 232 g/mol. The molecule has 0 radical (unpaired) electrons. The maximum Gasteiger partial charge on any atom is 0.337 e. The van der Waals surface area contributed by atoms with Crippen molar-refractivity contribution in [2.24, 2.45) is 0 Å². The number of nitrogen functional groups attached to an aromatic ring is 1. The van der Waals surface area contributed by atoms with E-state index in [2.05, 4.69) is 10.1 Å². The van der Waals surface area contributed by atoms with Crippen LogP contribution in [0, 0.1) is 20.8 Å². The second-order valence-corrected chi connectivity index (χ2v) is 4.15. The van der Waals surface area contributed by atoms with Gasteiger partial charge in [-0.3, -0.25) is 0 Å². The number of pyridine rings is 1. The Labute approximate surface area is 104 Å². The summed E-state index contributed by atoms with van der Waals surface area (Å²) in [4.78, 5) is 14.9. The highest BCUT2D eigenvalue weighted by Gasteiger charge is 2.14. The van der Waals surface area contributed by atoms with Crippen molar-refractivity contribution in [1.82, 2.24) is 14.8 Å². The van der Waals surface area contributed by atoms with Crippen LogP contribution < -0.4 is 5.73 Å². The van der Waals surface area contributed by atoms with Gasteiger partial charge in [-0.1, -0.05) is 0 Å². The van der Waals surface area contributed by atoms with Gasteiger partial charge in [-0.05, 0) is 32.4 Å². The van der Waals surface area contributed by atoms with E-state index in [1.165, 1.54) is 12.3 Å². The molecule has 0 amide bonds. The molecule has 0 bridgehead atoms. The maximum atomic E-state index is 10.8. The van der Waals surface area contributed by atoms with Gasteiger partial charge in [0.05, 0.1) is 16.9 Å². The standard InChI is InChI=1S/C12H14N4O2/c1-6-7(2)15-16(8(6)3)11-10(13)4-9(5-14-11)12(17)18/h4-5H,13H2,1-3H3,(H,17,18). The van der Waals surface area contributed by atoms with Crippen molar-refractivity contribution in [3.05, 3.63) is 34.8 Å². The number of hydrogen-bond donors (Lipinski definition) is 2. The molecule has 0 aromatic carbocycles. The van der Waals surface area contributed by atoms with Crippen molar-refractivity contribution in [2.75, 3.05) is 5.73 Å². The normalized spacial score (nSPS) is 10.6. The summed E-state index contributed by atoms with van der Waals surface area (Å²) in [5, 5.41) is 13.2. The molecule has 0 aliphatic carbocycles. The molecule has 3 N–H and O–H groups in total. The van der Waals surface area contributed by atoms with Crippen LogP contribution in [0.25, 0.3) is 5.82 Å². The highest BCUT2D eigenvalue weighted by molar-refractivity contribution is 5.88. The van der Waals surface area contributed by atoms with Crippen LogP contribution in [-0.4, -0.2) is 25.8 Å². The van der Waals surface area contributed by atoms with Crippen molar-refractivity contribution in [3.63, 3.8) is 0 Å². The Morgan fingerprint density at radius 3 is 2.50 bits per heavy atom. The van der Waals surface area contributed by atoms with Crippen LogP contribution in [-0.2, 0) is 0 Å². The van der Waals surface area contributed by atoms with E-state index in [1.54, 1.807) is 4.68 Å². The van der Waals surface area contributed by atoms with Gasteiger partial charge in [-0.25, -0.2) is 14.5 Å². The molecule has 2 aromatic heterocycles. The molecule has 2 aromatic rings. The molecule has 0 atom stereocenters. The Kier molecular flexibility index (Phi) is 2.78. The molecule has 0 aliphatic rings. The zero-order valence-corrected chi connectivity index (χ0v) is 10.4. The predicted octanol–water partition coefficient (Wildman–Crippen LogP) is 1.47. The molecule has 0 spiro atoms. The van der Waals surface area contributed by atoms with Crippen molar-refractivity contribution in [1.29, 1.82) is 0 Å². The monoisotopic (exact) mass is 246 g/mol. The molecule has 18 heavy (non-hydrogen) atoms. The summed E-state index contributed by atoms with van der Waals surface area (Å²) in [5.74, 6) is -0.598. The van der Waals surface area contributed by atoms with Crippen LogP contribution in [0.2, 0.25) is 0 Å². The predicted molar refractivity (Wildman–Crippen MR) is 66.9 cm³/mol. The maximum absolute atomic E-state index is 10.8. The van der Waals surface area contributed by atoms with Crippen LogP contribution >= 0.6 is 0 Å². The number of nitrogens with zero attached hydrogens (tertiary/aromatic N) is 3. The van der Waals surface area contributed by atoms with Crippen LogP contribution in [0.4, 0.5) is 5.69 Å². The molecular formula is C12H14N4O2. The fourth-order valence-electron chi connectivity index (χ4n) is 1.70. The van der Waals surface area contributed by atoms with E-state index in [0.717, 1.165) is 17.0 Å². The van der Waals surface area contributed by atoms with Crippen LogP contribution in [0.5, 0.6) is 0 Å². The number of aromatic carboxylic acids is 1. The average molecular weight is 246 g/mol. The minimum absolute atomic E-state index is 0.0644. The van der Waals surface area contributed by atoms with Gasteiger partial charge in [0.2, 0.25) is 0 Å². The quantitative estimate of drug-likeness (QED) is 0.836. The lowest BCUT2D eigenvalue weighted by Gasteiger charge is -2.07. The Bertz CT molecular complexity index is 631. The summed E-state index contributed by atoms with van der Waals surface area (Å²) in [7, 11) is 0. The molecule has 0 aliphatic heterocycles. The van der Waals surface area contributed by atoms with E-state index in [9.17, 15) is 4.79 Å². The minimum atomic E-state index is -1.05. The molecule has 2 heterocycles. The van der Waals surface area contributed by atoms with Gasteiger partial charge in [0.1, 0.15) is 0 Å². The van der Waals surface area contributed by atoms with Crippen LogP contribution in [0.15, 0.2) is 12.3 Å². The molecule has 0 saturated heterocycles. The number of carboxylic acid groups (broad SMARTS) is 1. The number of carboxylic acids is 1. The lowest BCUT2D eigenvalue weighted by Crippen LogP contribution is -2.08. The SMILES string of the molecule is Cc1nn(-c2ncc(C(=O)O)cc2N)c(C)c1C. The second kappa shape index (κ2) is 4.14. The van der Waals surface area contributed by atoms with Crippen molar-refractivity contribution < 1.29 is 9.90 Å². The summed E-state index contributed by atoms with van der Waals surface area (Å²) >= 11 is 0. The molecule has 94 valence electrons. The number of aromatic nitrogens is 3. The van der Waals surface area contributed by atoms with Gasteiger partial charge in [0.25, 0.3) is 0 Å². The van der Waals surface area contributed by atoms with Crippen molar-refractivity contribution in [3.8, 4) is 5.82 Å². The molecule has 2 rings (SSSR count). The lowest BCUT2D eigenvalue weighted by atomic mass is 10.2. The molecule has 6 heteroatoms. The zero-order chi connectivity index (χ0) is 13.4. The van der Waals surface area contributed by atoms with Crippen molar-refractivity contribution >= 4 is 11.7 Å². The lowest BCUT2D eigenvalue weighted by molar-refractivity contribution is 0.0696. The molecule has 0 fully saturated rings. The molecule has 0 unspecified atom stereocenters. The Morgan fingerprint density at radius 1 is 1.39 bits per heavy atom. The van der Waals surface area contributed by atoms with Crippen molar-refractivity contribution in [2.45, 2.75) is 20.8 Å². The number of rotatable bonds is 2. The number of carbonyl (C=O) groups is 1. The number of hydrogen-bond acceptors (Lipinski definition) is 4. The van der Waals surface area contributed by atoms with Gasteiger partial charge in [-0.2, -0.15) is 5.10 Å². The van der Waals surface area contributed by atoms with E-state index < -0.39 is 5.97 Å². The number of nitrogens with two attached hydrogens (primary N) is 1. The zero-order valence-electron chi connectivity index (χ0n) is 10.4. The summed E-state index contributed by atoms with van der Waals surface area (Å²) < 4.78 is 1.63. The van der Waals surface area contributed by atoms with Gasteiger partial charge < -0.3 is 10.8 Å². The number of anilines is 1.